The third kappa shape index (κ3) is 2.28. The van der Waals surface area contributed by atoms with Crippen LogP contribution in [0.3, 0.4) is 0 Å². The van der Waals surface area contributed by atoms with Crippen molar-refractivity contribution in [3.63, 3.8) is 0 Å². The van der Waals surface area contributed by atoms with Crippen molar-refractivity contribution in [1.29, 1.82) is 0 Å². The Balaban J connectivity index is 1.93. The normalized spacial score (nSPS) is 31.1. The molecule has 0 spiro atoms. The SMILES string of the molecule is CC1CC(O)(CCc2nccn2C)CN1C. The number of aryl methyl sites for hydroxylation is 2. The van der Waals surface area contributed by atoms with Gasteiger partial charge in [-0.2, -0.15) is 0 Å². The van der Waals surface area contributed by atoms with Gasteiger partial charge >= 0.3 is 0 Å². The second-order valence-electron chi connectivity index (χ2n) is 5.15. The summed E-state index contributed by atoms with van der Waals surface area (Å²) in [6, 6.07) is 0.478. The van der Waals surface area contributed by atoms with E-state index in [1.165, 1.54) is 0 Å². The number of likely N-dealkylation sites (N-methyl/N-ethyl adjacent to an activating group) is 1. The molecule has 90 valence electrons. The largest absolute Gasteiger partial charge is 0.388 e. The van der Waals surface area contributed by atoms with E-state index in [9.17, 15) is 5.11 Å². The van der Waals surface area contributed by atoms with Gasteiger partial charge in [0.1, 0.15) is 5.82 Å². The van der Waals surface area contributed by atoms with Crippen molar-refractivity contribution in [2.24, 2.45) is 7.05 Å². The fraction of sp³-hybridized carbons (Fsp3) is 0.750. The van der Waals surface area contributed by atoms with Gasteiger partial charge in [0.25, 0.3) is 0 Å². The minimum atomic E-state index is -0.528. The van der Waals surface area contributed by atoms with Crippen LogP contribution in [-0.4, -0.2) is 44.8 Å². The summed E-state index contributed by atoms with van der Waals surface area (Å²) in [6.07, 6.45) is 6.27. The van der Waals surface area contributed by atoms with Gasteiger partial charge in [0.2, 0.25) is 0 Å². The molecule has 2 heterocycles. The Labute approximate surface area is 96.9 Å². The maximum atomic E-state index is 10.4. The van der Waals surface area contributed by atoms with Crippen LogP contribution in [0.5, 0.6) is 0 Å². The highest BCUT2D eigenvalue weighted by molar-refractivity contribution is 4.98. The summed E-state index contributed by atoms with van der Waals surface area (Å²) < 4.78 is 2.02. The van der Waals surface area contributed by atoms with Gasteiger partial charge in [-0.1, -0.05) is 0 Å². The summed E-state index contributed by atoms with van der Waals surface area (Å²) in [7, 11) is 4.07. The molecule has 16 heavy (non-hydrogen) atoms. The summed E-state index contributed by atoms with van der Waals surface area (Å²) in [5.41, 5.74) is -0.528. The molecule has 2 rings (SSSR count). The average molecular weight is 223 g/mol. The standard InChI is InChI=1S/C12H21N3O/c1-10-8-12(16,9-15(10)3)5-4-11-13-6-7-14(11)2/h6-7,10,16H,4-5,8-9H2,1-3H3. The lowest BCUT2D eigenvalue weighted by atomic mass is 9.95. The van der Waals surface area contributed by atoms with Crippen molar-refractivity contribution in [3.8, 4) is 0 Å². The predicted molar refractivity (Wildman–Crippen MR) is 63.2 cm³/mol. The Morgan fingerprint density at radius 2 is 2.31 bits per heavy atom. The zero-order chi connectivity index (χ0) is 11.8. The summed E-state index contributed by atoms with van der Waals surface area (Å²) in [6.45, 7) is 2.94. The van der Waals surface area contributed by atoms with E-state index >= 15 is 0 Å². The summed E-state index contributed by atoms with van der Waals surface area (Å²) in [5, 5.41) is 10.4. The highest BCUT2D eigenvalue weighted by atomic mass is 16.3. The molecule has 2 unspecified atom stereocenters. The predicted octanol–water partition coefficient (Wildman–Crippen LogP) is 0.808. The number of aromatic nitrogens is 2. The first-order valence-corrected chi connectivity index (χ1v) is 5.89. The zero-order valence-electron chi connectivity index (χ0n) is 10.3. The van der Waals surface area contributed by atoms with Crippen LogP contribution in [0.4, 0.5) is 0 Å². The minimum absolute atomic E-state index is 0.478. The number of likely N-dealkylation sites (tertiary alicyclic amines) is 1. The molecule has 0 aliphatic carbocycles. The number of β-amino-alcohol motifs (C(OH)–C–C–N with tert-alkyl or cyclic N) is 1. The number of hydrogen-bond donors (Lipinski definition) is 1. The fourth-order valence-corrected chi connectivity index (χ4v) is 2.55. The number of aliphatic hydroxyl groups is 1. The summed E-state index contributed by atoms with van der Waals surface area (Å²) >= 11 is 0. The van der Waals surface area contributed by atoms with E-state index in [0.717, 1.165) is 31.6 Å². The van der Waals surface area contributed by atoms with Crippen molar-refractivity contribution in [3.05, 3.63) is 18.2 Å². The van der Waals surface area contributed by atoms with Gasteiger partial charge < -0.3 is 14.6 Å². The minimum Gasteiger partial charge on any atom is -0.388 e. The smallest absolute Gasteiger partial charge is 0.108 e. The lowest BCUT2D eigenvalue weighted by Gasteiger charge is -2.21. The van der Waals surface area contributed by atoms with E-state index in [0.29, 0.717) is 6.04 Å². The molecule has 1 aliphatic rings. The van der Waals surface area contributed by atoms with E-state index < -0.39 is 5.60 Å². The molecule has 0 aromatic carbocycles. The number of nitrogens with zero attached hydrogens (tertiary/aromatic N) is 3. The second-order valence-corrected chi connectivity index (χ2v) is 5.15. The quantitative estimate of drug-likeness (QED) is 0.824. The van der Waals surface area contributed by atoms with Crippen LogP contribution in [0.1, 0.15) is 25.6 Å². The monoisotopic (exact) mass is 223 g/mol. The van der Waals surface area contributed by atoms with Crippen LogP contribution in [0.25, 0.3) is 0 Å². The maximum absolute atomic E-state index is 10.4. The summed E-state index contributed by atoms with van der Waals surface area (Å²) in [4.78, 5) is 6.50. The molecule has 2 atom stereocenters. The molecular formula is C12H21N3O. The first-order valence-electron chi connectivity index (χ1n) is 5.89. The van der Waals surface area contributed by atoms with Crippen LogP contribution in [0, 0.1) is 0 Å². The Morgan fingerprint density at radius 3 is 2.81 bits per heavy atom. The van der Waals surface area contributed by atoms with Crippen LogP contribution in [-0.2, 0) is 13.5 Å². The van der Waals surface area contributed by atoms with E-state index in [-0.39, 0.29) is 0 Å². The van der Waals surface area contributed by atoms with E-state index in [1.54, 1.807) is 0 Å². The van der Waals surface area contributed by atoms with Crippen molar-refractivity contribution < 1.29 is 5.11 Å². The van der Waals surface area contributed by atoms with Gasteiger partial charge in [0.15, 0.2) is 0 Å². The van der Waals surface area contributed by atoms with E-state index in [4.69, 9.17) is 0 Å². The molecule has 1 saturated heterocycles. The van der Waals surface area contributed by atoms with Crippen molar-refractivity contribution in [1.82, 2.24) is 14.5 Å². The van der Waals surface area contributed by atoms with Gasteiger partial charge in [-0.25, -0.2) is 4.98 Å². The number of imidazole rings is 1. The third-order valence-corrected chi connectivity index (χ3v) is 3.71. The van der Waals surface area contributed by atoms with Gasteiger partial charge in [0.05, 0.1) is 5.60 Å². The van der Waals surface area contributed by atoms with E-state index in [2.05, 4.69) is 23.9 Å². The van der Waals surface area contributed by atoms with Gasteiger partial charge in [0, 0.05) is 38.4 Å². The molecule has 0 radical (unpaired) electrons. The molecule has 4 nitrogen and oxygen atoms in total. The molecule has 0 amide bonds. The molecule has 0 bridgehead atoms. The van der Waals surface area contributed by atoms with E-state index in [1.807, 2.05) is 24.0 Å². The number of hydrogen-bond acceptors (Lipinski definition) is 3. The first-order chi connectivity index (χ1) is 7.50. The Morgan fingerprint density at radius 1 is 1.56 bits per heavy atom. The molecule has 1 aromatic heterocycles. The second kappa shape index (κ2) is 4.18. The molecule has 1 N–H and O–H groups in total. The van der Waals surface area contributed by atoms with Crippen molar-refractivity contribution in [2.75, 3.05) is 13.6 Å². The van der Waals surface area contributed by atoms with Gasteiger partial charge in [-0.15, -0.1) is 0 Å². The average Bonchev–Trinajstić information content (AvgIpc) is 2.70. The summed E-state index contributed by atoms with van der Waals surface area (Å²) in [5.74, 6) is 1.05. The van der Waals surface area contributed by atoms with Gasteiger partial charge in [-0.3, -0.25) is 0 Å². The molecule has 1 aromatic rings. The molecule has 0 saturated carbocycles. The van der Waals surface area contributed by atoms with Crippen LogP contribution < -0.4 is 0 Å². The van der Waals surface area contributed by atoms with Crippen molar-refractivity contribution in [2.45, 2.75) is 37.8 Å². The molecule has 1 aliphatic heterocycles. The van der Waals surface area contributed by atoms with Crippen LogP contribution in [0.15, 0.2) is 12.4 Å². The first kappa shape index (κ1) is 11.6. The van der Waals surface area contributed by atoms with Crippen LogP contribution in [0.2, 0.25) is 0 Å². The van der Waals surface area contributed by atoms with Crippen molar-refractivity contribution >= 4 is 0 Å². The molecule has 4 heteroatoms. The third-order valence-electron chi connectivity index (χ3n) is 3.71. The highest BCUT2D eigenvalue weighted by Crippen LogP contribution is 2.29. The lowest BCUT2D eigenvalue weighted by molar-refractivity contribution is 0.0425. The Bertz CT molecular complexity index is 351. The Hall–Kier alpha value is -0.870. The maximum Gasteiger partial charge on any atom is 0.108 e. The fourth-order valence-electron chi connectivity index (χ4n) is 2.55. The topological polar surface area (TPSA) is 41.3 Å². The number of rotatable bonds is 3. The zero-order valence-corrected chi connectivity index (χ0v) is 10.3. The highest BCUT2D eigenvalue weighted by Gasteiger charge is 2.38. The molecule has 1 fully saturated rings. The van der Waals surface area contributed by atoms with Crippen LogP contribution >= 0.6 is 0 Å². The Kier molecular flexibility index (Phi) is 3.04. The lowest BCUT2D eigenvalue weighted by Crippen LogP contribution is -2.32. The van der Waals surface area contributed by atoms with Gasteiger partial charge in [-0.05, 0) is 26.8 Å². The molecular weight excluding hydrogens is 202 g/mol.